The van der Waals surface area contributed by atoms with Crippen LogP contribution in [-0.4, -0.2) is 55.0 Å². The molecule has 0 N–H and O–H groups in total. The summed E-state index contributed by atoms with van der Waals surface area (Å²) in [6.45, 7) is 0.621. The zero-order valence-corrected chi connectivity index (χ0v) is 19.1. The number of fused-ring (bicyclic) bond motifs is 1. The van der Waals surface area contributed by atoms with Crippen molar-refractivity contribution in [2.75, 3.05) is 33.4 Å². The first-order valence-electron chi connectivity index (χ1n) is 10.6. The van der Waals surface area contributed by atoms with Crippen LogP contribution in [0.4, 0.5) is 4.39 Å². The molecular weight excluding hydrogens is 447 g/mol. The molecule has 0 radical (unpaired) electrons. The van der Waals surface area contributed by atoms with Gasteiger partial charge >= 0.3 is 0 Å². The van der Waals surface area contributed by atoms with Crippen LogP contribution in [0.5, 0.6) is 5.75 Å². The van der Waals surface area contributed by atoms with E-state index in [-0.39, 0.29) is 50.0 Å². The number of halogens is 1. The van der Waals surface area contributed by atoms with Crippen LogP contribution in [0.15, 0.2) is 58.5 Å². The second-order valence-electron chi connectivity index (χ2n) is 7.68. The molecule has 1 aromatic carbocycles. The lowest BCUT2D eigenvalue weighted by Crippen LogP contribution is -2.48. The average molecular weight is 473 g/mol. The van der Waals surface area contributed by atoms with Gasteiger partial charge in [0.15, 0.2) is 0 Å². The number of furan rings is 1. The highest BCUT2D eigenvalue weighted by Crippen LogP contribution is 2.34. The molecule has 1 aliphatic heterocycles. The SMILES string of the molecule is COCC(=O)N(CC(=O)N1CCc2sccc2[C@H]1COc1cccc(F)c1)Cc1ccco1. The van der Waals surface area contributed by atoms with Crippen LogP contribution in [0.1, 0.15) is 22.2 Å². The Bertz CT molecular complexity index is 1080. The number of benzene rings is 1. The molecule has 1 atom stereocenters. The van der Waals surface area contributed by atoms with Crippen molar-refractivity contribution in [1.82, 2.24) is 9.80 Å². The zero-order valence-electron chi connectivity index (χ0n) is 18.2. The van der Waals surface area contributed by atoms with E-state index in [0.29, 0.717) is 18.1 Å². The first kappa shape index (κ1) is 23.0. The second kappa shape index (κ2) is 10.6. The molecular formula is C24H25FN2O5S. The van der Waals surface area contributed by atoms with Crippen molar-refractivity contribution >= 4 is 23.2 Å². The van der Waals surface area contributed by atoms with Gasteiger partial charge in [0.05, 0.1) is 18.8 Å². The van der Waals surface area contributed by atoms with Gasteiger partial charge in [-0.05, 0) is 47.7 Å². The normalized spacial score (nSPS) is 15.2. The molecule has 2 aromatic heterocycles. The molecule has 0 aliphatic carbocycles. The number of carbonyl (C=O) groups is 2. The fourth-order valence-corrected chi connectivity index (χ4v) is 4.83. The van der Waals surface area contributed by atoms with Crippen molar-refractivity contribution in [3.63, 3.8) is 0 Å². The molecule has 33 heavy (non-hydrogen) atoms. The number of ether oxygens (including phenoxy) is 2. The number of amides is 2. The van der Waals surface area contributed by atoms with Gasteiger partial charge in [-0.25, -0.2) is 4.39 Å². The number of hydrogen-bond acceptors (Lipinski definition) is 6. The summed E-state index contributed by atoms with van der Waals surface area (Å²) in [5.74, 6) is 0.0979. The Hall–Kier alpha value is -3.17. The second-order valence-corrected chi connectivity index (χ2v) is 8.68. The molecule has 3 aromatic rings. The van der Waals surface area contributed by atoms with Crippen molar-refractivity contribution in [1.29, 1.82) is 0 Å². The van der Waals surface area contributed by atoms with Gasteiger partial charge in [-0.2, -0.15) is 0 Å². The van der Waals surface area contributed by atoms with Crippen molar-refractivity contribution in [3.8, 4) is 5.75 Å². The standard InChI is InChI=1S/C24H25FN2O5S/c1-30-16-24(29)26(13-19-6-3-10-31-19)14-23(28)27-9-7-22-20(8-11-33-22)21(27)15-32-18-5-2-4-17(25)12-18/h2-6,8,10-12,21H,7,9,13-16H2,1H3/t21-/m1/s1. The topological polar surface area (TPSA) is 72.2 Å². The van der Waals surface area contributed by atoms with Gasteiger partial charge in [-0.15, -0.1) is 11.3 Å². The van der Waals surface area contributed by atoms with Gasteiger partial charge < -0.3 is 23.7 Å². The van der Waals surface area contributed by atoms with E-state index in [1.807, 2.05) is 11.4 Å². The Kier molecular flexibility index (Phi) is 7.41. The summed E-state index contributed by atoms with van der Waals surface area (Å²) in [6.07, 6.45) is 2.26. The van der Waals surface area contributed by atoms with Crippen molar-refractivity contribution in [2.45, 2.75) is 19.0 Å². The predicted molar refractivity (Wildman–Crippen MR) is 120 cm³/mol. The maximum absolute atomic E-state index is 13.6. The summed E-state index contributed by atoms with van der Waals surface area (Å²) in [6, 6.07) is 11.1. The third-order valence-corrected chi connectivity index (χ3v) is 6.49. The van der Waals surface area contributed by atoms with Crippen LogP contribution in [0.3, 0.4) is 0 Å². The lowest BCUT2D eigenvalue weighted by atomic mass is 10.0. The molecule has 9 heteroatoms. The van der Waals surface area contributed by atoms with Crippen LogP contribution in [0.2, 0.25) is 0 Å². The summed E-state index contributed by atoms with van der Waals surface area (Å²) in [7, 11) is 1.44. The number of hydrogen-bond donors (Lipinski definition) is 0. The lowest BCUT2D eigenvalue weighted by molar-refractivity contribution is -0.145. The van der Waals surface area contributed by atoms with E-state index < -0.39 is 0 Å². The van der Waals surface area contributed by atoms with Crippen LogP contribution >= 0.6 is 11.3 Å². The highest BCUT2D eigenvalue weighted by Gasteiger charge is 2.33. The van der Waals surface area contributed by atoms with Crippen LogP contribution in [0.25, 0.3) is 0 Å². The zero-order chi connectivity index (χ0) is 23.2. The Morgan fingerprint density at radius 2 is 2.15 bits per heavy atom. The molecule has 174 valence electrons. The maximum Gasteiger partial charge on any atom is 0.249 e. The fourth-order valence-electron chi connectivity index (χ4n) is 3.90. The molecule has 0 bridgehead atoms. The van der Waals surface area contributed by atoms with E-state index in [2.05, 4.69) is 0 Å². The molecule has 0 unspecified atom stereocenters. The van der Waals surface area contributed by atoms with Gasteiger partial charge in [0, 0.05) is 24.6 Å². The Labute approximate surface area is 195 Å². The monoisotopic (exact) mass is 472 g/mol. The van der Waals surface area contributed by atoms with Crippen molar-refractivity contribution in [2.24, 2.45) is 0 Å². The lowest BCUT2D eigenvalue weighted by Gasteiger charge is -2.37. The summed E-state index contributed by atoms with van der Waals surface area (Å²) >= 11 is 1.65. The van der Waals surface area contributed by atoms with E-state index in [9.17, 15) is 14.0 Å². The molecule has 0 saturated carbocycles. The highest BCUT2D eigenvalue weighted by atomic mass is 32.1. The van der Waals surface area contributed by atoms with Crippen molar-refractivity contribution < 1.29 is 27.9 Å². The first-order chi connectivity index (χ1) is 16.0. The quantitative estimate of drug-likeness (QED) is 0.475. The van der Waals surface area contributed by atoms with Crippen molar-refractivity contribution in [3.05, 3.63) is 76.1 Å². The molecule has 0 saturated heterocycles. The van der Waals surface area contributed by atoms with E-state index in [4.69, 9.17) is 13.9 Å². The molecule has 0 fully saturated rings. The Morgan fingerprint density at radius 1 is 1.27 bits per heavy atom. The predicted octanol–water partition coefficient (Wildman–Crippen LogP) is 3.66. The number of rotatable bonds is 9. The van der Waals surface area contributed by atoms with E-state index >= 15 is 0 Å². The molecule has 3 heterocycles. The Morgan fingerprint density at radius 3 is 2.91 bits per heavy atom. The average Bonchev–Trinajstić information content (AvgIpc) is 3.49. The third kappa shape index (κ3) is 5.61. The smallest absolute Gasteiger partial charge is 0.249 e. The van der Waals surface area contributed by atoms with E-state index in [0.717, 1.165) is 12.0 Å². The van der Waals surface area contributed by atoms with Crippen LogP contribution in [-0.2, 0) is 27.3 Å². The number of nitrogens with zero attached hydrogens (tertiary/aromatic N) is 2. The summed E-state index contributed by atoms with van der Waals surface area (Å²) in [5.41, 5.74) is 1.02. The minimum Gasteiger partial charge on any atom is -0.491 e. The van der Waals surface area contributed by atoms with Crippen LogP contribution < -0.4 is 4.74 Å². The van der Waals surface area contributed by atoms with Gasteiger partial charge in [0.1, 0.15) is 37.1 Å². The number of thiophene rings is 1. The first-order valence-corrected chi connectivity index (χ1v) is 11.5. The minimum absolute atomic E-state index is 0.112. The number of carbonyl (C=O) groups excluding carboxylic acids is 2. The minimum atomic E-state index is -0.384. The molecule has 2 amide bonds. The van der Waals surface area contributed by atoms with Gasteiger partial charge in [0.25, 0.3) is 0 Å². The van der Waals surface area contributed by atoms with E-state index in [1.54, 1.807) is 40.5 Å². The summed E-state index contributed by atoms with van der Waals surface area (Å²) in [4.78, 5) is 30.4. The third-order valence-electron chi connectivity index (χ3n) is 5.49. The van der Waals surface area contributed by atoms with Gasteiger partial charge in [-0.3, -0.25) is 9.59 Å². The largest absolute Gasteiger partial charge is 0.491 e. The van der Waals surface area contributed by atoms with Gasteiger partial charge in [-0.1, -0.05) is 6.07 Å². The maximum atomic E-state index is 13.6. The molecule has 0 spiro atoms. The summed E-state index contributed by atoms with van der Waals surface area (Å²) in [5, 5.41) is 2.00. The fraction of sp³-hybridized carbons (Fsp3) is 0.333. The molecule has 1 aliphatic rings. The van der Waals surface area contributed by atoms with E-state index in [1.165, 1.54) is 35.3 Å². The van der Waals surface area contributed by atoms with Gasteiger partial charge in [0.2, 0.25) is 11.8 Å². The Balaban J connectivity index is 1.51. The highest BCUT2D eigenvalue weighted by molar-refractivity contribution is 7.10. The molecule has 7 nitrogen and oxygen atoms in total. The number of methoxy groups -OCH3 is 1. The summed E-state index contributed by atoms with van der Waals surface area (Å²) < 4.78 is 29.8. The van der Waals surface area contributed by atoms with Crippen LogP contribution in [0, 0.1) is 5.82 Å². The molecule has 4 rings (SSSR count).